The van der Waals surface area contributed by atoms with E-state index in [0.29, 0.717) is 39.1 Å². The summed E-state index contributed by atoms with van der Waals surface area (Å²) in [5, 5.41) is 6.63. The molecule has 1 amide bonds. The molecule has 0 atom stereocenters. The Morgan fingerprint density at radius 1 is 1.00 bits per heavy atom. The van der Waals surface area contributed by atoms with Crippen LogP contribution in [0.5, 0.6) is 11.5 Å². The number of benzene rings is 2. The van der Waals surface area contributed by atoms with Crippen LogP contribution >= 0.6 is 11.6 Å². The van der Waals surface area contributed by atoms with Crippen LogP contribution in [0.15, 0.2) is 54.9 Å². The van der Waals surface area contributed by atoms with E-state index in [9.17, 15) is 4.79 Å². The summed E-state index contributed by atoms with van der Waals surface area (Å²) in [5.74, 6) is 1.05. The summed E-state index contributed by atoms with van der Waals surface area (Å²) in [5.41, 5.74) is 3.33. The number of hydrogen-bond donors (Lipinski definition) is 2. The Morgan fingerprint density at radius 2 is 1.82 bits per heavy atom. The molecule has 2 N–H and O–H groups in total. The summed E-state index contributed by atoms with van der Waals surface area (Å²) in [7, 11) is 3.18. The summed E-state index contributed by atoms with van der Waals surface area (Å²) in [6.07, 6.45) is 3.13. The molecular formula is C21H20ClN3O3. The number of ether oxygens (including phenoxy) is 2. The van der Waals surface area contributed by atoms with Crippen molar-refractivity contribution in [1.29, 1.82) is 0 Å². The number of aryl methyl sites for hydroxylation is 1. The molecule has 1 aromatic heterocycles. The van der Waals surface area contributed by atoms with Crippen LogP contribution in [0.2, 0.25) is 5.02 Å². The van der Waals surface area contributed by atoms with Crippen LogP contribution in [0.25, 0.3) is 0 Å². The Morgan fingerprint density at radius 3 is 2.57 bits per heavy atom. The predicted octanol–water partition coefficient (Wildman–Crippen LogP) is 5.06. The highest BCUT2D eigenvalue weighted by Gasteiger charge is 2.11. The van der Waals surface area contributed by atoms with Crippen molar-refractivity contribution in [3.63, 3.8) is 0 Å². The molecule has 0 aliphatic heterocycles. The fourth-order valence-electron chi connectivity index (χ4n) is 2.62. The van der Waals surface area contributed by atoms with E-state index in [4.69, 9.17) is 21.1 Å². The maximum atomic E-state index is 12.6. The molecule has 0 aliphatic rings. The maximum absolute atomic E-state index is 12.6. The first-order valence-electron chi connectivity index (χ1n) is 8.52. The minimum atomic E-state index is -0.279. The van der Waals surface area contributed by atoms with Gasteiger partial charge in [-0.1, -0.05) is 17.7 Å². The molecule has 0 aliphatic carbocycles. The van der Waals surface area contributed by atoms with Crippen molar-refractivity contribution in [3.8, 4) is 11.5 Å². The van der Waals surface area contributed by atoms with Gasteiger partial charge in [0, 0.05) is 23.0 Å². The summed E-state index contributed by atoms with van der Waals surface area (Å²) >= 11 is 6.02. The number of rotatable bonds is 6. The van der Waals surface area contributed by atoms with Gasteiger partial charge in [-0.15, -0.1) is 0 Å². The third-order valence-electron chi connectivity index (χ3n) is 4.13. The zero-order chi connectivity index (χ0) is 20.1. The van der Waals surface area contributed by atoms with Gasteiger partial charge in [-0.2, -0.15) is 0 Å². The Hall–Kier alpha value is -3.25. The second-order valence-electron chi connectivity index (χ2n) is 6.07. The first-order chi connectivity index (χ1) is 13.5. The van der Waals surface area contributed by atoms with E-state index < -0.39 is 0 Å². The van der Waals surface area contributed by atoms with Crippen LogP contribution in [0.3, 0.4) is 0 Å². The van der Waals surface area contributed by atoms with Crippen LogP contribution in [0, 0.1) is 6.92 Å². The molecule has 0 spiro atoms. The van der Waals surface area contributed by atoms with E-state index >= 15 is 0 Å². The van der Waals surface area contributed by atoms with Crippen LogP contribution < -0.4 is 20.1 Å². The number of aromatic nitrogens is 1. The van der Waals surface area contributed by atoms with Gasteiger partial charge in [0.1, 0.15) is 11.5 Å². The number of carbonyl (C=O) groups is 1. The molecule has 144 valence electrons. The Kier molecular flexibility index (Phi) is 6.01. The molecule has 0 fully saturated rings. The van der Waals surface area contributed by atoms with Gasteiger partial charge in [-0.05, 0) is 42.8 Å². The zero-order valence-electron chi connectivity index (χ0n) is 15.7. The fourth-order valence-corrected chi connectivity index (χ4v) is 2.80. The molecule has 0 saturated carbocycles. The summed E-state index contributed by atoms with van der Waals surface area (Å²) < 4.78 is 10.6. The van der Waals surface area contributed by atoms with Crippen LogP contribution in [-0.4, -0.2) is 25.1 Å². The number of methoxy groups -OCH3 is 2. The van der Waals surface area contributed by atoms with Crippen LogP contribution in [0.4, 0.5) is 17.1 Å². The Bertz CT molecular complexity index is 1010. The first kappa shape index (κ1) is 19.5. The van der Waals surface area contributed by atoms with E-state index in [1.807, 2.05) is 13.0 Å². The fraction of sp³-hybridized carbons (Fsp3) is 0.143. The Labute approximate surface area is 168 Å². The second kappa shape index (κ2) is 8.63. The minimum Gasteiger partial charge on any atom is -0.497 e. The topological polar surface area (TPSA) is 72.5 Å². The summed E-state index contributed by atoms with van der Waals surface area (Å²) in [6.45, 7) is 1.90. The minimum absolute atomic E-state index is 0.279. The van der Waals surface area contributed by atoms with Gasteiger partial charge in [0.2, 0.25) is 0 Å². The number of hydrogen-bond acceptors (Lipinski definition) is 5. The highest BCUT2D eigenvalue weighted by Crippen LogP contribution is 2.31. The zero-order valence-corrected chi connectivity index (χ0v) is 16.5. The van der Waals surface area contributed by atoms with Crippen molar-refractivity contribution < 1.29 is 14.3 Å². The maximum Gasteiger partial charge on any atom is 0.257 e. The lowest BCUT2D eigenvalue weighted by molar-refractivity contribution is 0.102. The standard InChI is InChI=1S/C21H20ClN3O3/c1-13-4-5-15(22)9-18(13)25-21(26)14-8-16(12-23-11-14)24-19-10-17(27-2)6-7-20(19)28-3/h4-12,24H,1-3H3,(H,25,26). The molecule has 0 radical (unpaired) electrons. The van der Waals surface area contributed by atoms with E-state index in [0.717, 1.165) is 5.56 Å². The number of carbonyl (C=O) groups excluding carboxylic acids is 1. The van der Waals surface area contributed by atoms with Crippen molar-refractivity contribution in [2.24, 2.45) is 0 Å². The lowest BCUT2D eigenvalue weighted by Crippen LogP contribution is -2.13. The van der Waals surface area contributed by atoms with Gasteiger partial charge in [-0.25, -0.2) is 0 Å². The molecule has 28 heavy (non-hydrogen) atoms. The van der Waals surface area contributed by atoms with Gasteiger partial charge in [-0.3, -0.25) is 9.78 Å². The average molecular weight is 398 g/mol. The van der Waals surface area contributed by atoms with Gasteiger partial charge >= 0.3 is 0 Å². The van der Waals surface area contributed by atoms with Crippen LogP contribution in [-0.2, 0) is 0 Å². The molecule has 0 saturated heterocycles. The number of pyridine rings is 1. The average Bonchev–Trinajstić information content (AvgIpc) is 2.70. The number of amides is 1. The van der Waals surface area contributed by atoms with Gasteiger partial charge in [0.05, 0.1) is 37.4 Å². The van der Waals surface area contributed by atoms with Gasteiger partial charge < -0.3 is 20.1 Å². The molecule has 7 heteroatoms. The molecule has 6 nitrogen and oxygen atoms in total. The lowest BCUT2D eigenvalue weighted by Gasteiger charge is -2.13. The first-order valence-corrected chi connectivity index (χ1v) is 8.89. The predicted molar refractivity (Wildman–Crippen MR) is 111 cm³/mol. The Balaban J connectivity index is 1.82. The van der Waals surface area contributed by atoms with Gasteiger partial charge in [0.15, 0.2) is 0 Å². The van der Waals surface area contributed by atoms with E-state index in [2.05, 4.69) is 15.6 Å². The third kappa shape index (κ3) is 4.53. The normalized spacial score (nSPS) is 10.3. The van der Waals surface area contributed by atoms with Crippen molar-refractivity contribution in [1.82, 2.24) is 4.98 Å². The molecule has 0 unspecified atom stereocenters. The van der Waals surface area contributed by atoms with Gasteiger partial charge in [0.25, 0.3) is 5.91 Å². The number of nitrogens with one attached hydrogen (secondary N) is 2. The summed E-state index contributed by atoms with van der Waals surface area (Å²) in [4.78, 5) is 16.8. The van der Waals surface area contributed by atoms with Crippen molar-refractivity contribution in [2.45, 2.75) is 6.92 Å². The third-order valence-corrected chi connectivity index (χ3v) is 4.37. The largest absolute Gasteiger partial charge is 0.497 e. The van der Waals surface area contributed by atoms with E-state index in [-0.39, 0.29) is 5.91 Å². The number of anilines is 3. The molecular weight excluding hydrogens is 378 g/mol. The molecule has 1 heterocycles. The van der Waals surface area contributed by atoms with E-state index in [1.54, 1.807) is 56.8 Å². The van der Waals surface area contributed by atoms with E-state index in [1.165, 1.54) is 6.20 Å². The van der Waals surface area contributed by atoms with Crippen LogP contribution in [0.1, 0.15) is 15.9 Å². The molecule has 3 rings (SSSR count). The lowest BCUT2D eigenvalue weighted by atomic mass is 10.2. The van der Waals surface area contributed by atoms with Crippen molar-refractivity contribution in [2.75, 3.05) is 24.9 Å². The number of nitrogens with zero attached hydrogens (tertiary/aromatic N) is 1. The monoisotopic (exact) mass is 397 g/mol. The van der Waals surface area contributed by atoms with Crippen molar-refractivity contribution >= 4 is 34.6 Å². The quantitative estimate of drug-likeness (QED) is 0.608. The smallest absolute Gasteiger partial charge is 0.257 e. The summed E-state index contributed by atoms with van der Waals surface area (Å²) in [6, 6.07) is 12.5. The SMILES string of the molecule is COc1ccc(OC)c(Nc2cncc(C(=O)Nc3cc(Cl)ccc3C)c2)c1. The molecule has 3 aromatic rings. The number of halogens is 1. The second-order valence-corrected chi connectivity index (χ2v) is 6.50. The highest BCUT2D eigenvalue weighted by atomic mass is 35.5. The van der Waals surface area contributed by atoms with Crippen molar-refractivity contribution in [3.05, 3.63) is 71.0 Å². The molecule has 2 aromatic carbocycles. The molecule has 0 bridgehead atoms. The highest BCUT2D eigenvalue weighted by molar-refractivity contribution is 6.31.